The highest BCUT2D eigenvalue weighted by molar-refractivity contribution is 5.88. The zero-order chi connectivity index (χ0) is 9.03. The van der Waals surface area contributed by atoms with Crippen LogP contribution in [0, 0.1) is 0 Å². The topological polar surface area (TPSA) is 35.5 Å². The predicted molar refractivity (Wildman–Crippen MR) is 45.1 cm³/mol. The Bertz CT molecular complexity index is 159. The number of ether oxygens (including phenoxy) is 2. The van der Waals surface area contributed by atoms with E-state index in [4.69, 9.17) is 9.47 Å². The van der Waals surface area contributed by atoms with Gasteiger partial charge in [-0.3, -0.25) is 4.79 Å². The van der Waals surface area contributed by atoms with Crippen LogP contribution in [0.3, 0.4) is 0 Å². The van der Waals surface area contributed by atoms with E-state index in [2.05, 4.69) is 0 Å². The lowest BCUT2D eigenvalue weighted by Gasteiger charge is -2.24. The average Bonchev–Trinajstić information content (AvgIpc) is 2.54. The van der Waals surface area contributed by atoms with Crippen LogP contribution in [0.25, 0.3) is 0 Å². The molecule has 70 valence electrons. The molecule has 1 rings (SSSR count). The maximum Gasteiger partial charge on any atom is 0.190 e. The Hall–Kier alpha value is -0.410. The molecule has 0 bridgehead atoms. The average molecular weight is 172 g/mol. The lowest BCUT2D eigenvalue weighted by molar-refractivity contribution is -0.144. The molecule has 0 N–H and O–H groups in total. The second-order valence-electron chi connectivity index (χ2n) is 3.26. The molecule has 0 spiro atoms. The van der Waals surface area contributed by atoms with Gasteiger partial charge in [-0.1, -0.05) is 0 Å². The van der Waals surface area contributed by atoms with Crippen molar-refractivity contribution in [3.05, 3.63) is 0 Å². The summed E-state index contributed by atoms with van der Waals surface area (Å²) in [6.45, 7) is 0.174. The summed E-state index contributed by atoms with van der Waals surface area (Å²) in [5.41, 5.74) is -0.518. The Kier molecular flexibility index (Phi) is 3.23. The van der Waals surface area contributed by atoms with Gasteiger partial charge in [0.05, 0.1) is 0 Å². The van der Waals surface area contributed by atoms with Crippen molar-refractivity contribution in [2.24, 2.45) is 0 Å². The molecule has 0 aromatic carbocycles. The molecular formula is C9H16O3. The lowest BCUT2D eigenvalue weighted by Crippen LogP contribution is -2.40. The fourth-order valence-electron chi connectivity index (χ4n) is 1.81. The molecule has 0 amide bonds. The molecule has 0 atom stereocenters. The molecule has 12 heavy (non-hydrogen) atoms. The predicted octanol–water partition coefficient (Wildman–Crippen LogP) is 1.16. The zero-order valence-electron chi connectivity index (χ0n) is 7.76. The number of hydrogen-bond acceptors (Lipinski definition) is 3. The van der Waals surface area contributed by atoms with E-state index in [0.29, 0.717) is 0 Å². The van der Waals surface area contributed by atoms with Crippen LogP contribution in [-0.4, -0.2) is 32.2 Å². The van der Waals surface area contributed by atoms with Crippen molar-refractivity contribution in [2.75, 3.05) is 20.8 Å². The van der Waals surface area contributed by atoms with E-state index in [1.165, 1.54) is 7.11 Å². The number of Topliss-reactive ketones (excluding diaryl/α,β-unsaturated/α-hetero) is 1. The van der Waals surface area contributed by atoms with Crippen LogP contribution in [0.4, 0.5) is 0 Å². The first-order valence-electron chi connectivity index (χ1n) is 4.32. The third-order valence-corrected chi connectivity index (χ3v) is 2.59. The molecule has 0 unspecified atom stereocenters. The van der Waals surface area contributed by atoms with Crippen molar-refractivity contribution in [3.8, 4) is 0 Å². The number of hydrogen-bond donors (Lipinski definition) is 0. The Morgan fingerprint density at radius 1 is 1.33 bits per heavy atom. The molecule has 0 radical (unpaired) electrons. The van der Waals surface area contributed by atoms with Gasteiger partial charge in [0.2, 0.25) is 0 Å². The Labute approximate surface area is 73.0 Å². The van der Waals surface area contributed by atoms with Crippen LogP contribution in [0.2, 0.25) is 0 Å². The monoisotopic (exact) mass is 172 g/mol. The van der Waals surface area contributed by atoms with Crippen molar-refractivity contribution in [3.63, 3.8) is 0 Å². The molecule has 1 aliphatic carbocycles. The fraction of sp³-hybridized carbons (Fsp3) is 0.889. The van der Waals surface area contributed by atoms with Gasteiger partial charge in [-0.05, 0) is 25.7 Å². The smallest absolute Gasteiger partial charge is 0.190 e. The molecule has 1 aliphatic rings. The quantitative estimate of drug-likeness (QED) is 0.638. The van der Waals surface area contributed by atoms with E-state index in [-0.39, 0.29) is 12.4 Å². The van der Waals surface area contributed by atoms with Crippen LogP contribution in [-0.2, 0) is 14.3 Å². The van der Waals surface area contributed by atoms with Gasteiger partial charge in [0.1, 0.15) is 12.2 Å². The summed E-state index contributed by atoms with van der Waals surface area (Å²) in [6.07, 6.45) is 3.88. The largest absolute Gasteiger partial charge is 0.377 e. The second-order valence-corrected chi connectivity index (χ2v) is 3.26. The third-order valence-electron chi connectivity index (χ3n) is 2.59. The molecule has 0 aliphatic heterocycles. The molecule has 1 saturated carbocycles. The second kappa shape index (κ2) is 4.01. The molecule has 3 nitrogen and oxygen atoms in total. The lowest BCUT2D eigenvalue weighted by atomic mass is 9.97. The third kappa shape index (κ3) is 1.67. The molecule has 1 fully saturated rings. The van der Waals surface area contributed by atoms with Gasteiger partial charge in [0, 0.05) is 14.2 Å². The van der Waals surface area contributed by atoms with Gasteiger partial charge in [-0.2, -0.15) is 0 Å². The molecule has 0 saturated heterocycles. The van der Waals surface area contributed by atoms with Gasteiger partial charge in [-0.25, -0.2) is 0 Å². The Balaban J connectivity index is 2.59. The summed E-state index contributed by atoms with van der Waals surface area (Å²) < 4.78 is 10.1. The summed E-state index contributed by atoms with van der Waals surface area (Å²) in [5.74, 6) is 0.0880. The van der Waals surface area contributed by atoms with Gasteiger partial charge >= 0.3 is 0 Å². The van der Waals surface area contributed by atoms with E-state index in [0.717, 1.165) is 25.7 Å². The minimum Gasteiger partial charge on any atom is -0.377 e. The van der Waals surface area contributed by atoms with Crippen molar-refractivity contribution >= 4 is 5.78 Å². The summed E-state index contributed by atoms with van der Waals surface area (Å²) in [4.78, 5) is 11.5. The Morgan fingerprint density at radius 3 is 2.33 bits per heavy atom. The summed E-state index contributed by atoms with van der Waals surface area (Å²) >= 11 is 0. The SMILES string of the molecule is COCC(=O)C1(OC)CCCC1. The highest BCUT2D eigenvalue weighted by Gasteiger charge is 2.40. The summed E-state index contributed by atoms with van der Waals surface area (Å²) in [5, 5.41) is 0. The first-order chi connectivity index (χ1) is 5.75. The molecular weight excluding hydrogens is 156 g/mol. The van der Waals surface area contributed by atoms with E-state index >= 15 is 0 Å². The first kappa shape index (κ1) is 9.68. The van der Waals surface area contributed by atoms with Gasteiger partial charge in [-0.15, -0.1) is 0 Å². The van der Waals surface area contributed by atoms with Crippen LogP contribution in [0.5, 0.6) is 0 Å². The van der Waals surface area contributed by atoms with Crippen LogP contribution in [0.15, 0.2) is 0 Å². The first-order valence-corrected chi connectivity index (χ1v) is 4.32. The van der Waals surface area contributed by atoms with Crippen molar-refractivity contribution in [2.45, 2.75) is 31.3 Å². The maximum atomic E-state index is 11.5. The number of carbonyl (C=O) groups is 1. The minimum atomic E-state index is -0.518. The highest BCUT2D eigenvalue weighted by Crippen LogP contribution is 2.33. The zero-order valence-corrected chi connectivity index (χ0v) is 7.76. The summed E-state index contributed by atoms with van der Waals surface area (Å²) in [7, 11) is 3.15. The van der Waals surface area contributed by atoms with Crippen LogP contribution < -0.4 is 0 Å². The summed E-state index contributed by atoms with van der Waals surface area (Å²) in [6, 6.07) is 0. The molecule has 0 heterocycles. The van der Waals surface area contributed by atoms with Gasteiger partial charge in [0.15, 0.2) is 5.78 Å². The van der Waals surface area contributed by atoms with Crippen molar-refractivity contribution in [1.82, 2.24) is 0 Å². The maximum absolute atomic E-state index is 11.5. The standard InChI is InChI=1S/C9H16O3/c1-11-7-8(10)9(12-2)5-3-4-6-9/h3-7H2,1-2H3. The normalized spacial score (nSPS) is 21.2. The van der Waals surface area contributed by atoms with Crippen LogP contribution in [0.1, 0.15) is 25.7 Å². The number of methoxy groups -OCH3 is 2. The van der Waals surface area contributed by atoms with E-state index in [1.807, 2.05) is 0 Å². The van der Waals surface area contributed by atoms with Crippen molar-refractivity contribution in [1.29, 1.82) is 0 Å². The van der Waals surface area contributed by atoms with Crippen LogP contribution >= 0.6 is 0 Å². The number of ketones is 1. The molecule has 3 heteroatoms. The van der Waals surface area contributed by atoms with Gasteiger partial charge < -0.3 is 9.47 Å². The Morgan fingerprint density at radius 2 is 1.92 bits per heavy atom. The van der Waals surface area contributed by atoms with E-state index in [9.17, 15) is 4.79 Å². The fourth-order valence-corrected chi connectivity index (χ4v) is 1.81. The van der Waals surface area contributed by atoms with E-state index in [1.54, 1.807) is 7.11 Å². The number of rotatable bonds is 4. The van der Waals surface area contributed by atoms with Crippen molar-refractivity contribution < 1.29 is 14.3 Å². The minimum absolute atomic E-state index is 0.0880. The molecule has 0 aromatic heterocycles. The molecule has 0 aromatic rings. The highest BCUT2D eigenvalue weighted by atomic mass is 16.5. The van der Waals surface area contributed by atoms with Gasteiger partial charge in [0.25, 0.3) is 0 Å². The van der Waals surface area contributed by atoms with E-state index < -0.39 is 5.60 Å². The number of carbonyl (C=O) groups excluding carboxylic acids is 1.